The average Bonchev–Trinajstić information content (AvgIpc) is 2.44. The van der Waals surface area contributed by atoms with Crippen molar-refractivity contribution in [3.63, 3.8) is 0 Å². The molecule has 1 saturated heterocycles. The van der Waals surface area contributed by atoms with E-state index in [2.05, 4.69) is 10.2 Å². The fourth-order valence-corrected chi connectivity index (χ4v) is 2.15. The summed E-state index contributed by atoms with van der Waals surface area (Å²) in [4.78, 5) is 2.35. The molecule has 0 saturated carbocycles. The van der Waals surface area contributed by atoms with Crippen LogP contribution in [0.15, 0.2) is 24.3 Å². The van der Waals surface area contributed by atoms with E-state index in [9.17, 15) is 13.2 Å². The fourth-order valence-electron chi connectivity index (χ4n) is 2.15. The Bertz CT molecular complexity index is 400. The van der Waals surface area contributed by atoms with E-state index in [0.717, 1.165) is 51.3 Å². The Kier molecular flexibility index (Phi) is 5.25. The highest BCUT2D eigenvalue weighted by atomic mass is 19.4. The number of piperazine rings is 1. The fraction of sp³-hybridized carbons (Fsp3) is 0.571. The van der Waals surface area contributed by atoms with E-state index in [1.807, 2.05) is 0 Å². The lowest BCUT2D eigenvalue weighted by Gasteiger charge is -2.26. The summed E-state index contributed by atoms with van der Waals surface area (Å²) in [5, 5.41) is 3.28. The Hall–Kier alpha value is -1.27. The molecule has 1 heterocycles. The third-order valence-corrected chi connectivity index (χ3v) is 3.28. The monoisotopic (exact) mass is 288 g/mol. The zero-order chi connectivity index (χ0) is 14.4. The van der Waals surface area contributed by atoms with Crippen LogP contribution in [0.5, 0.6) is 5.75 Å². The summed E-state index contributed by atoms with van der Waals surface area (Å²) >= 11 is 0. The predicted molar refractivity (Wildman–Crippen MR) is 70.9 cm³/mol. The number of hydrogen-bond donors (Lipinski definition) is 1. The van der Waals surface area contributed by atoms with E-state index < -0.39 is 11.7 Å². The molecule has 6 heteroatoms. The molecule has 1 aromatic carbocycles. The molecular weight excluding hydrogens is 269 g/mol. The lowest BCUT2D eigenvalue weighted by molar-refractivity contribution is -0.137. The first-order valence-corrected chi connectivity index (χ1v) is 6.79. The number of benzene rings is 1. The summed E-state index contributed by atoms with van der Waals surface area (Å²) in [5.41, 5.74) is -0.648. The Balaban J connectivity index is 1.68. The molecule has 0 unspecified atom stereocenters. The van der Waals surface area contributed by atoms with Gasteiger partial charge in [0.05, 0.1) is 12.2 Å². The van der Waals surface area contributed by atoms with Crippen molar-refractivity contribution in [2.24, 2.45) is 0 Å². The highest BCUT2D eigenvalue weighted by Gasteiger charge is 2.29. The number of rotatable bonds is 5. The molecular formula is C14H19F3N2O. The van der Waals surface area contributed by atoms with Gasteiger partial charge in [-0.3, -0.25) is 0 Å². The van der Waals surface area contributed by atoms with Gasteiger partial charge in [-0.1, -0.05) is 0 Å². The van der Waals surface area contributed by atoms with E-state index >= 15 is 0 Å². The van der Waals surface area contributed by atoms with Crippen LogP contribution >= 0.6 is 0 Å². The van der Waals surface area contributed by atoms with Gasteiger partial charge in [-0.2, -0.15) is 13.2 Å². The van der Waals surface area contributed by atoms with Crippen molar-refractivity contribution in [2.45, 2.75) is 12.6 Å². The van der Waals surface area contributed by atoms with Gasteiger partial charge in [0.2, 0.25) is 0 Å². The first kappa shape index (κ1) is 15.1. The molecule has 0 amide bonds. The second-order valence-electron chi connectivity index (χ2n) is 4.82. The van der Waals surface area contributed by atoms with Crippen LogP contribution < -0.4 is 10.1 Å². The van der Waals surface area contributed by atoms with E-state index in [1.165, 1.54) is 12.1 Å². The van der Waals surface area contributed by atoms with Gasteiger partial charge >= 0.3 is 6.18 Å². The summed E-state index contributed by atoms with van der Waals surface area (Å²) in [7, 11) is 0. The SMILES string of the molecule is FC(F)(F)c1ccc(OCCCN2CCNCC2)cc1. The summed E-state index contributed by atoms with van der Waals surface area (Å²) < 4.78 is 42.6. The lowest BCUT2D eigenvalue weighted by Crippen LogP contribution is -2.43. The molecule has 112 valence electrons. The van der Waals surface area contributed by atoms with Crippen molar-refractivity contribution in [1.82, 2.24) is 10.2 Å². The summed E-state index contributed by atoms with van der Waals surface area (Å²) in [6, 6.07) is 4.83. The predicted octanol–water partition coefficient (Wildman–Crippen LogP) is 2.38. The molecule has 0 atom stereocenters. The maximum atomic E-state index is 12.4. The van der Waals surface area contributed by atoms with Gasteiger partial charge in [-0.15, -0.1) is 0 Å². The summed E-state index contributed by atoms with van der Waals surface area (Å²) in [5.74, 6) is 0.485. The van der Waals surface area contributed by atoms with Crippen LogP contribution in [-0.2, 0) is 6.18 Å². The van der Waals surface area contributed by atoms with Gasteiger partial charge < -0.3 is 15.0 Å². The van der Waals surface area contributed by atoms with Crippen molar-refractivity contribution < 1.29 is 17.9 Å². The zero-order valence-electron chi connectivity index (χ0n) is 11.2. The minimum atomic E-state index is -4.29. The molecule has 1 aromatic rings. The topological polar surface area (TPSA) is 24.5 Å². The number of nitrogens with one attached hydrogen (secondary N) is 1. The van der Waals surface area contributed by atoms with E-state index in [0.29, 0.717) is 12.4 Å². The van der Waals surface area contributed by atoms with Crippen LogP contribution in [0.2, 0.25) is 0 Å². The third-order valence-electron chi connectivity index (χ3n) is 3.28. The lowest BCUT2D eigenvalue weighted by atomic mass is 10.2. The Morgan fingerprint density at radius 1 is 1.10 bits per heavy atom. The third kappa shape index (κ3) is 4.68. The van der Waals surface area contributed by atoms with E-state index in [1.54, 1.807) is 0 Å². The van der Waals surface area contributed by atoms with Gasteiger partial charge in [0, 0.05) is 32.7 Å². The normalized spacial score (nSPS) is 17.1. The number of ether oxygens (including phenoxy) is 1. The smallest absolute Gasteiger partial charge is 0.416 e. The molecule has 20 heavy (non-hydrogen) atoms. The first-order valence-electron chi connectivity index (χ1n) is 6.79. The van der Waals surface area contributed by atoms with Crippen molar-refractivity contribution >= 4 is 0 Å². The number of hydrogen-bond acceptors (Lipinski definition) is 3. The minimum Gasteiger partial charge on any atom is -0.494 e. The van der Waals surface area contributed by atoms with E-state index in [-0.39, 0.29) is 0 Å². The van der Waals surface area contributed by atoms with Crippen LogP contribution in [0, 0.1) is 0 Å². The Morgan fingerprint density at radius 3 is 2.35 bits per heavy atom. The van der Waals surface area contributed by atoms with Crippen LogP contribution in [0.4, 0.5) is 13.2 Å². The molecule has 0 bridgehead atoms. The van der Waals surface area contributed by atoms with Gasteiger partial charge in [-0.25, -0.2) is 0 Å². The standard InChI is InChI=1S/C14H19F3N2O/c15-14(16,17)12-2-4-13(5-3-12)20-11-1-8-19-9-6-18-7-10-19/h2-5,18H,1,6-11H2. The highest BCUT2D eigenvalue weighted by Crippen LogP contribution is 2.30. The first-order chi connectivity index (χ1) is 9.55. The largest absolute Gasteiger partial charge is 0.494 e. The van der Waals surface area contributed by atoms with E-state index in [4.69, 9.17) is 4.74 Å². The van der Waals surface area contributed by atoms with Crippen molar-refractivity contribution in [3.8, 4) is 5.75 Å². The number of alkyl halides is 3. The Morgan fingerprint density at radius 2 is 1.75 bits per heavy atom. The van der Waals surface area contributed by atoms with Gasteiger partial charge in [0.25, 0.3) is 0 Å². The Labute approximate surface area is 116 Å². The molecule has 1 N–H and O–H groups in total. The summed E-state index contributed by atoms with van der Waals surface area (Å²) in [6.07, 6.45) is -3.41. The zero-order valence-corrected chi connectivity index (χ0v) is 11.2. The molecule has 0 aliphatic carbocycles. The number of halogens is 3. The van der Waals surface area contributed by atoms with Gasteiger partial charge in [-0.05, 0) is 30.7 Å². The molecule has 0 aromatic heterocycles. The minimum absolute atomic E-state index is 0.485. The summed E-state index contributed by atoms with van der Waals surface area (Å²) in [6.45, 7) is 5.59. The van der Waals surface area contributed by atoms with Crippen molar-refractivity contribution in [2.75, 3.05) is 39.3 Å². The maximum absolute atomic E-state index is 12.4. The maximum Gasteiger partial charge on any atom is 0.416 e. The molecule has 3 nitrogen and oxygen atoms in total. The van der Waals surface area contributed by atoms with Crippen LogP contribution in [-0.4, -0.2) is 44.2 Å². The highest BCUT2D eigenvalue weighted by molar-refractivity contribution is 5.28. The number of nitrogens with zero attached hydrogens (tertiary/aromatic N) is 1. The quantitative estimate of drug-likeness (QED) is 0.842. The van der Waals surface area contributed by atoms with Crippen LogP contribution in [0.25, 0.3) is 0 Å². The van der Waals surface area contributed by atoms with Gasteiger partial charge in [0.1, 0.15) is 5.75 Å². The molecule has 0 radical (unpaired) electrons. The van der Waals surface area contributed by atoms with Crippen LogP contribution in [0.3, 0.4) is 0 Å². The second kappa shape index (κ2) is 6.95. The second-order valence-corrected chi connectivity index (χ2v) is 4.82. The molecule has 1 aliphatic heterocycles. The molecule has 1 aliphatic rings. The van der Waals surface area contributed by atoms with Crippen molar-refractivity contribution in [1.29, 1.82) is 0 Å². The molecule has 1 fully saturated rings. The van der Waals surface area contributed by atoms with Crippen LogP contribution in [0.1, 0.15) is 12.0 Å². The van der Waals surface area contributed by atoms with Gasteiger partial charge in [0.15, 0.2) is 0 Å². The molecule has 0 spiro atoms. The van der Waals surface area contributed by atoms with Crippen molar-refractivity contribution in [3.05, 3.63) is 29.8 Å². The molecule has 2 rings (SSSR count). The average molecular weight is 288 g/mol.